The van der Waals surface area contributed by atoms with Gasteiger partial charge in [-0.2, -0.15) is 0 Å². The molecule has 1 aromatic heterocycles. The summed E-state index contributed by atoms with van der Waals surface area (Å²) in [6.45, 7) is 0.359. The van der Waals surface area contributed by atoms with E-state index in [2.05, 4.69) is 4.98 Å². The van der Waals surface area contributed by atoms with Gasteiger partial charge in [-0.1, -0.05) is 18.2 Å². The molecule has 4 rings (SSSR count). The first-order valence-corrected chi connectivity index (χ1v) is 7.60. The van der Waals surface area contributed by atoms with E-state index in [0.717, 1.165) is 29.7 Å². The molecule has 0 unspecified atom stereocenters. The van der Waals surface area contributed by atoms with Gasteiger partial charge in [-0.05, 0) is 37.1 Å². The van der Waals surface area contributed by atoms with E-state index in [1.54, 1.807) is 36.4 Å². The zero-order chi connectivity index (χ0) is 16.0. The van der Waals surface area contributed by atoms with Crippen molar-refractivity contribution in [2.45, 2.75) is 25.3 Å². The third kappa shape index (κ3) is 2.48. The Morgan fingerprint density at radius 1 is 1.26 bits per heavy atom. The van der Waals surface area contributed by atoms with Crippen molar-refractivity contribution in [3.05, 3.63) is 65.2 Å². The predicted molar refractivity (Wildman–Crippen MR) is 84.2 cm³/mol. The Morgan fingerprint density at radius 2 is 2.04 bits per heavy atom. The van der Waals surface area contributed by atoms with Gasteiger partial charge in [0.15, 0.2) is 0 Å². The molecule has 0 amide bonds. The molecule has 0 aliphatic heterocycles. The van der Waals surface area contributed by atoms with E-state index < -0.39 is 5.97 Å². The van der Waals surface area contributed by atoms with Crippen molar-refractivity contribution in [1.29, 1.82) is 0 Å². The molecule has 1 aliphatic carbocycles. The van der Waals surface area contributed by atoms with Crippen LogP contribution in [0.5, 0.6) is 0 Å². The number of aromatic carboxylic acids is 1. The van der Waals surface area contributed by atoms with Crippen molar-refractivity contribution in [3.8, 4) is 0 Å². The van der Waals surface area contributed by atoms with Gasteiger partial charge in [0.1, 0.15) is 11.6 Å². The lowest BCUT2D eigenvalue weighted by Crippen LogP contribution is -2.06. The average molecular weight is 310 g/mol. The first-order valence-electron chi connectivity index (χ1n) is 7.60. The fourth-order valence-corrected chi connectivity index (χ4v) is 2.89. The Bertz CT molecular complexity index is 913. The number of rotatable bonds is 4. The SMILES string of the molecule is O=C(O)c1ccc2nc(C3CC3)n(Cc3ccccc3F)c2c1. The number of aromatic nitrogens is 2. The van der Waals surface area contributed by atoms with Crippen molar-refractivity contribution in [1.82, 2.24) is 9.55 Å². The molecule has 1 N–H and O–H groups in total. The molecule has 3 aromatic rings. The number of fused-ring (bicyclic) bond motifs is 1. The molecule has 116 valence electrons. The van der Waals surface area contributed by atoms with E-state index >= 15 is 0 Å². The third-order valence-corrected chi connectivity index (χ3v) is 4.25. The lowest BCUT2D eigenvalue weighted by Gasteiger charge is -2.10. The smallest absolute Gasteiger partial charge is 0.335 e. The van der Waals surface area contributed by atoms with Crippen LogP contribution in [0.15, 0.2) is 42.5 Å². The summed E-state index contributed by atoms with van der Waals surface area (Å²) in [4.78, 5) is 15.9. The summed E-state index contributed by atoms with van der Waals surface area (Å²) in [7, 11) is 0. The standard InChI is InChI=1S/C18H15FN2O2/c19-14-4-2-1-3-13(14)10-21-16-9-12(18(22)23)7-8-15(16)20-17(21)11-5-6-11/h1-4,7-9,11H,5-6,10H2,(H,22,23). The van der Waals surface area contributed by atoms with Gasteiger partial charge < -0.3 is 9.67 Å². The minimum absolute atomic E-state index is 0.217. The molecule has 4 nitrogen and oxygen atoms in total. The van der Waals surface area contributed by atoms with Gasteiger partial charge in [0.2, 0.25) is 0 Å². The van der Waals surface area contributed by atoms with Gasteiger partial charge in [0.25, 0.3) is 0 Å². The molecule has 0 spiro atoms. The Morgan fingerprint density at radius 3 is 2.74 bits per heavy atom. The van der Waals surface area contributed by atoms with Crippen LogP contribution in [0.25, 0.3) is 11.0 Å². The number of carboxylic acid groups (broad SMARTS) is 1. The quantitative estimate of drug-likeness (QED) is 0.797. The first kappa shape index (κ1) is 13.9. The van der Waals surface area contributed by atoms with Gasteiger partial charge in [0, 0.05) is 11.5 Å². The summed E-state index contributed by atoms with van der Waals surface area (Å²) in [5, 5.41) is 9.21. The van der Waals surface area contributed by atoms with Crippen LogP contribution in [0.1, 0.15) is 40.5 Å². The lowest BCUT2D eigenvalue weighted by atomic mass is 10.2. The Balaban J connectivity index is 1.88. The molecule has 1 fully saturated rings. The molecular formula is C18H15FN2O2. The average Bonchev–Trinajstić information content (AvgIpc) is 3.32. The maximum atomic E-state index is 14.0. The molecule has 1 aliphatic rings. The summed E-state index contributed by atoms with van der Waals surface area (Å²) in [6, 6.07) is 11.6. The van der Waals surface area contributed by atoms with Crippen molar-refractivity contribution in [2.75, 3.05) is 0 Å². The number of benzene rings is 2. The molecule has 1 heterocycles. The first-order chi connectivity index (χ1) is 11.1. The van der Waals surface area contributed by atoms with Crippen molar-refractivity contribution in [2.24, 2.45) is 0 Å². The van der Waals surface area contributed by atoms with Crippen molar-refractivity contribution >= 4 is 17.0 Å². The summed E-state index contributed by atoms with van der Waals surface area (Å²) in [5.74, 6) is 0.0808. The second-order valence-electron chi connectivity index (χ2n) is 5.93. The van der Waals surface area contributed by atoms with Gasteiger partial charge in [-0.3, -0.25) is 0 Å². The van der Waals surface area contributed by atoms with Gasteiger partial charge in [-0.25, -0.2) is 14.2 Å². The maximum absolute atomic E-state index is 14.0. The highest BCUT2D eigenvalue weighted by molar-refractivity contribution is 5.92. The van der Waals surface area contributed by atoms with Crippen LogP contribution in [0, 0.1) is 5.82 Å². The van der Waals surface area contributed by atoms with E-state index in [4.69, 9.17) is 0 Å². The minimum atomic E-state index is -0.974. The zero-order valence-electron chi connectivity index (χ0n) is 12.4. The molecule has 2 aromatic carbocycles. The second-order valence-corrected chi connectivity index (χ2v) is 5.93. The number of halogens is 1. The number of carboxylic acids is 1. The van der Waals surface area contributed by atoms with Crippen LogP contribution >= 0.6 is 0 Å². The normalized spacial score (nSPS) is 14.3. The molecule has 5 heteroatoms. The Labute approximate surface area is 132 Å². The highest BCUT2D eigenvalue weighted by Crippen LogP contribution is 2.41. The van der Waals surface area contributed by atoms with E-state index in [9.17, 15) is 14.3 Å². The van der Waals surface area contributed by atoms with E-state index in [1.807, 2.05) is 4.57 Å². The Hall–Kier alpha value is -2.69. The molecular weight excluding hydrogens is 295 g/mol. The van der Waals surface area contributed by atoms with E-state index in [1.165, 1.54) is 6.07 Å². The monoisotopic (exact) mass is 310 g/mol. The van der Waals surface area contributed by atoms with Gasteiger partial charge in [-0.15, -0.1) is 0 Å². The van der Waals surface area contributed by atoms with Crippen LogP contribution in [0.4, 0.5) is 4.39 Å². The second kappa shape index (κ2) is 5.19. The summed E-state index contributed by atoms with van der Waals surface area (Å²) < 4.78 is 16.0. The summed E-state index contributed by atoms with van der Waals surface area (Å²) >= 11 is 0. The maximum Gasteiger partial charge on any atom is 0.335 e. The van der Waals surface area contributed by atoms with Crippen LogP contribution in [-0.2, 0) is 6.54 Å². The molecule has 0 radical (unpaired) electrons. The largest absolute Gasteiger partial charge is 0.478 e. The number of nitrogens with zero attached hydrogens (tertiary/aromatic N) is 2. The van der Waals surface area contributed by atoms with Crippen LogP contribution in [-0.4, -0.2) is 20.6 Å². The van der Waals surface area contributed by atoms with Crippen LogP contribution in [0.3, 0.4) is 0 Å². The Kier molecular flexibility index (Phi) is 3.15. The van der Waals surface area contributed by atoms with Gasteiger partial charge in [0.05, 0.1) is 23.1 Å². The molecule has 0 atom stereocenters. The van der Waals surface area contributed by atoms with Crippen molar-refractivity contribution in [3.63, 3.8) is 0 Å². The summed E-state index contributed by atoms with van der Waals surface area (Å²) in [5.41, 5.74) is 2.30. The third-order valence-electron chi connectivity index (χ3n) is 4.25. The minimum Gasteiger partial charge on any atom is -0.478 e. The molecule has 0 saturated heterocycles. The number of hydrogen-bond acceptors (Lipinski definition) is 2. The topological polar surface area (TPSA) is 55.1 Å². The number of carbonyl (C=O) groups is 1. The van der Waals surface area contributed by atoms with Crippen LogP contribution in [0.2, 0.25) is 0 Å². The lowest BCUT2D eigenvalue weighted by molar-refractivity contribution is 0.0697. The highest BCUT2D eigenvalue weighted by atomic mass is 19.1. The predicted octanol–water partition coefficient (Wildman–Crippen LogP) is 3.80. The molecule has 0 bridgehead atoms. The molecule has 23 heavy (non-hydrogen) atoms. The van der Waals surface area contributed by atoms with Crippen LogP contribution < -0.4 is 0 Å². The number of imidazole rings is 1. The van der Waals surface area contributed by atoms with E-state index in [0.29, 0.717) is 18.0 Å². The summed E-state index contributed by atoms with van der Waals surface area (Å²) in [6.07, 6.45) is 2.15. The number of hydrogen-bond donors (Lipinski definition) is 1. The fraction of sp³-hybridized carbons (Fsp3) is 0.222. The van der Waals surface area contributed by atoms with Crippen molar-refractivity contribution < 1.29 is 14.3 Å². The zero-order valence-corrected chi connectivity index (χ0v) is 12.4. The van der Waals surface area contributed by atoms with Gasteiger partial charge >= 0.3 is 5.97 Å². The molecule has 1 saturated carbocycles. The van der Waals surface area contributed by atoms with E-state index in [-0.39, 0.29) is 11.4 Å². The highest BCUT2D eigenvalue weighted by Gasteiger charge is 2.30. The fourth-order valence-electron chi connectivity index (χ4n) is 2.89.